The zero-order chi connectivity index (χ0) is 13.7. The van der Waals surface area contributed by atoms with Crippen LogP contribution in [0.4, 0.5) is 0 Å². The lowest BCUT2D eigenvalue weighted by Gasteiger charge is -2.29. The Kier molecular flexibility index (Phi) is 5.34. The molecule has 1 N–H and O–H groups in total. The number of carbonyl (C=O) groups is 1. The minimum absolute atomic E-state index is 0.151. The molecule has 1 aromatic rings. The predicted molar refractivity (Wildman–Crippen MR) is 78.6 cm³/mol. The largest absolute Gasteiger partial charge is 0.338 e. The zero-order valence-electron chi connectivity index (χ0n) is 11.8. The minimum atomic E-state index is 0.151. The van der Waals surface area contributed by atoms with E-state index in [-0.39, 0.29) is 5.91 Å². The molecule has 2 rings (SSSR count). The van der Waals surface area contributed by atoms with Gasteiger partial charge in [0.25, 0.3) is 5.91 Å². The lowest BCUT2D eigenvalue weighted by molar-refractivity contribution is 0.0723. The quantitative estimate of drug-likeness (QED) is 0.901. The topological polar surface area (TPSA) is 45.2 Å². The lowest BCUT2D eigenvalue weighted by Crippen LogP contribution is -2.41. The van der Waals surface area contributed by atoms with E-state index in [4.69, 9.17) is 0 Å². The maximum Gasteiger partial charge on any atom is 0.265 e. The SMILES string of the molecule is CCCN(CC1CCCNC1)C(=O)c1cnc(C)s1. The minimum Gasteiger partial charge on any atom is -0.338 e. The normalized spacial score (nSPS) is 19.4. The van der Waals surface area contributed by atoms with E-state index in [2.05, 4.69) is 17.2 Å². The lowest BCUT2D eigenvalue weighted by atomic mass is 9.99. The highest BCUT2D eigenvalue weighted by Gasteiger charge is 2.22. The summed E-state index contributed by atoms with van der Waals surface area (Å²) >= 11 is 1.49. The summed E-state index contributed by atoms with van der Waals surface area (Å²) in [4.78, 5) is 19.5. The number of carbonyl (C=O) groups excluding carboxylic acids is 1. The number of thiazole rings is 1. The molecule has 1 aromatic heterocycles. The summed E-state index contributed by atoms with van der Waals surface area (Å²) in [6.45, 7) is 7.93. The van der Waals surface area contributed by atoms with E-state index in [1.807, 2.05) is 11.8 Å². The summed E-state index contributed by atoms with van der Waals surface area (Å²) in [6, 6.07) is 0. The number of nitrogens with zero attached hydrogens (tertiary/aromatic N) is 2. The Labute approximate surface area is 119 Å². The van der Waals surface area contributed by atoms with Gasteiger partial charge in [0, 0.05) is 13.1 Å². The second-order valence-electron chi connectivity index (χ2n) is 5.21. The smallest absolute Gasteiger partial charge is 0.265 e. The van der Waals surface area contributed by atoms with Gasteiger partial charge in [0.1, 0.15) is 4.88 Å². The summed E-state index contributed by atoms with van der Waals surface area (Å²) in [5.41, 5.74) is 0. The van der Waals surface area contributed by atoms with Gasteiger partial charge in [-0.3, -0.25) is 4.79 Å². The van der Waals surface area contributed by atoms with Crippen LogP contribution >= 0.6 is 11.3 Å². The number of rotatable bonds is 5. The van der Waals surface area contributed by atoms with Gasteiger partial charge >= 0.3 is 0 Å². The molecule has 1 unspecified atom stereocenters. The number of hydrogen-bond acceptors (Lipinski definition) is 4. The van der Waals surface area contributed by atoms with Crippen LogP contribution in [-0.4, -0.2) is 42.0 Å². The summed E-state index contributed by atoms with van der Waals surface area (Å²) in [5.74, 6) is 0.747. The van der Waals surface area contributed by atoms with Gasteiger partial charge in [0.2, 0.25) is 0 Å². The first-order valence-electron chi connectivity index (χ1n) is 7.13. The molecule has 0 radical (unpaired) electrons. The molecular weight excluding hydrogens is 258 g/mol. The van der Waals surface area contributed by atoms with Crippen molar-refractivity contribution in [2.45, 2.75) is 33.1 Å². The molecule has 2 heterocycles. The average Bonchev–Trinajstić information content (AvgIpc) is 2.85. The van der Waals surface area contributed by atoms with Crippen molar-refractivity contribution in [3.63, 3.8) is 0 Å². The molecule has 19 heavy (non-hydrogen) atoms. The summed E-state index contributed by atoms with van der Waals surface area (Å²) in [5, 5.41) is 4.37. The number of hydrogen-bond donors (Lipinski definition) is 1. The van der Waals surface area contributed by atoms with Crippen molar-refractivity contribution in [2.24, 2.45) is 5.92 Å². The number of aromatic nitrogens is 1. The van der Waals surface area contributed by atoms with Crippen LogP contribution in [0.2, 0.25) is 0 Å². The van der Waals surface area contributed by atoms with E-state index in [0.29, 0.717) is 5.92 Å². The molecule has 0 bridgehead atoms. The first kappa shape index (κ1) is 14.5. The Morgan fingerprint density at radius 3 is 3.05 bits per heavy atom. The van der Waals surface area contributed by atoms with Crippen LogP contribution in [-0.2, 0) is 0 Å². The van der Waals surface area contributed by atoms with Gasteiger partial charge in [-0.2, -0.15) is 0 Å². The van der Waals surface area contributed by atoms with Crippen molar-refractivity contribution < 1.29 is 4.79 Å². The first-order valence-corrected chi connectivity index (χ1v) is 7.94. The van der Waals surface area contributed by atoms with Gasteiger partial charge in [0.05, 0.1) is 11.2 Å². The van der Waals surface area contributed by atoms with E-state index in [1.165, 1.54) is 24.2 Å². The van der Waals surface area contributed by atoms with E-state index < -0.39 is 0 Å². The molecule has 1 fully saturated rings. The Bertz CT molecular complexity index is 413. The molecular formula is C14H23N3OS. The number of piperidine rings is 1. The van der Waals surface area contributed by atoms with Crippen LogP contribution < -0.4 is 5.32 Å². The highest BCUT2D eigenvalue weighted by molar-refractivity contribution is 7.13. The van der Waals surface area contributed by atoms with Gasteiger partial charge in [-0.15, -0.1) is 11.3 Å². The van der Waals surface area contributed by atoms with E-state index in [0.717, 1.165) is 42.5 Å². The Hall–Kier alpha value is -0.940. The van der Waals surface area contributed by atoms with Gasteiger partial charge in [-0.25, -0.2) is 4.98 Å². The third-order valence-corrected chi connectivity index (χ3v) is 4.39. The average molecular weight is 281 g/mol. The van der Waals surface area contributed by atoms with E-state index in [1.54, 1.807) is 6.20 Å². The molecule has 1 amide bonds. The monoisotopic (exact) mass is 281 g/mol. The Balaban J connectivity index is 1.99. The fourth-order valence-electron chi connectivity index (χ4n) is 2.55. The fraction of sp³-hybridized carbons (Fsp3) is 0.714. The summed E-state index contributed by atoms with van der Waals surface area (Å²) in [7, 11) is 0. The predicted octanol–water partition coefficient (Wildman–Crippen LogP) is 2.30. The molecule has 0 aromatic carbocycles. The zero-order valence-corrected chi connectivity index (χ0v) is 12.6. The molecule has 1 saturated heterocycles. The molecule has 4 nitrogen and oxygen atoms in total. The van der Waals surface area contributed by atoms with Crippen molar-refractivity contribution in [3.05, 3.63) is 16.1 Å². The summed E-state index contributed by atoms with van der Waals surface area (Å²) < 4.78 is 0. The Morgan fingerprint density at radius 1 is 1.63 bits per heavy atom. The fourth-order valence-corrected chi connectivity index (χ4v) is 3.30. The van der Waals surface area contributed by atoms with Gasteiger partial charge < -0.3 is 10.2 Å². The highest BCUT2D eigenvalue weighted by atomic mass is 32.1. The van der Waals surface area contributed by atoms with Crippen LogP contribution in [0.3, 0.4) is 0 Å². The summed E-state index contributed by atoms with van der Waals surface area (Å²) in [6.07, 6.45) is 5.16. The first-order chi connectivity index (χ1) is 9.20. The van der Waals surface area contributed by atoms with Crippen LogP contribution in [0.25, 0.3) is 0 Å². The van der Waals surface area contributed by atoms with E-state index >= 15 is 0 Å². The van der Waals surface area contributed by atoms with Gasteiger partial charge in [-0.05, 0) is 45.2 Å². The second kappa shape index (κ2) is 7.01. The van der Waals surface area contributed by atoms with Crippen molar-refractivity contribution in [2.75, 3.05) is 26.2 Å². The van der Waals surface area contributed by atoms with Crippen molar-refractivity contribution in [3.8, 4) is 0 Å². The molecule has 106 valence electrons. The van der Waals surface area contributed by atoms with Crippen LogP contribution in [0.1, 0.15) is 40.9 Å². The van der Waals surface area contributed by atoms with Gasteiger partial charge in [0.15, 0.2) is 0 Å². The third kappa shape index (κ3) is 4.01. The van der Waals surface area contributed by atoms with Crippen LogP contribution in [0.5, 0.6) is 0 Å². The van der Waals surface area contributed by atoms with Crippen molar-refractivity contribution >= 4 is 17.2 Å². The van der Waals surface area contributed by atoms with Crippen molar-refractivity contribution in [1.29, 1.82) is 0 Å². The molecule has 1 aliphatic heterocycles. The third-order valence-electron chi connectivity index (χ3n) is 3.49. The van der Waals surface area contributed by atoms with Gasteiger partial charge in [-0.1, -0.05) is 6.92 Å². The van der Waals surface area contributed by atoms with Crippen molar-refractivity contribution in [1.82, 2.24) is 15.2 Å². The molecule has 1 aliphatic rings. The van der Waals surface area contributed by atoms with E-state index in [9.17, 15) is 4.79 Å². The highest BCUT2D eigenvalue weighted by Crippen LogP contribution is 2.18. The number of nitrogens with one attached hydrogen (secondary N) is 1. The maximum atomic E-state index is 12.5. The molecule has 0 spiro atoms. The van der Waals surface area contributed by atoms with Crippen LogP contribution in [0, 0.1) is 12.8 Å². The number of aryl methyl sites for hydroxylation is 1. The number of amides is 1. The second-order valence-corrected chi connectivity index (χ2v) is 6.44. The standard InChI is InChI=1S/C14H23N3OS/c1-3-7-17(10-12-5-4-6-15-8-12)14(18)13-9-16-11(2)19-13/h9,12,15H,3-8,10H2,1-2H3. The van der Waals surface area contributed by atoms with Crippen LogP contribution in [0.15, 0.2) is 6.20 Å². The molecule has 0 saturated carbocycles. The maximum absolute atomic E-state index is 12.5. The molecule has 1 atom stereocenters. The Morgan fingerprint density at radius 2 is 2.47 bits per heavy atom. The molecule has 0 aliphatic carbocycles. The molecule has 5 heteroatoms.